The molecule has 112 valence electrons. The number of aryl methyl sites for hydroxylation is 1. The number of nitrogens with zero attached hydrogens (tertiary/aromatic N) is 2. The average Bonchev–Trinajstić information content (AvgIpc) is 2.83. The molecule has 1 aromatic carbocycles. The van der Waals surface area contributed by atoms with Gasteiger partial charge in [-0.1, -0.05) is 18.2 Å². The van der Waals surface area contributed by atoms with Crippen LogP contribution in [0.3, 0.4) is 0 Å². The number of rotatable bonds is 6. The molecule has 0 saturated carbocycles. The first-order valence-corrected chi connectivity index (χ1v) is 7.05. The smallest absolute Gasteiger partial charge is 0.305 e. The Hall–Kier alpha value is -2.30. The van der Waals surface area contributed by atoms with Gasteiger partial charge in [0, 0.05) is 37.2 Å². The van der Waals surface area contributed by atoms with Crippen molar-refractivity contribution in [3.8, 4) is 0 Å². The Morgan fingerprint density at radius 3 is 2.67 bits per heavy atom. The van der Waals surface area contributed by atoms with Gasteiger partial charge in [-0.25, -0.2) is 0 Å². The molecule has 0 fully saturated rings. The second kappa shape index (κ2) is 6.43. The Morgan fingerprint density at radius 1 is 1.29 bits per heavy atom. The molecule has 2 aromatic rings. The van der Waals surface area contributed by atoms with E-state index in [2.05, 4.69) is 11.5 Å². The molecule has 0 aliphatic rings. The Balaban J connectivity index is 2.16. The van der Waals surface area contributed by atoms with Crippen molar-refractivity contribution in [2.75, 3.05) is 13.6 Å². The zero-order valence-electron chi connectivity index (χ0n) is 12.4. The fourth-order valence-corrected chi connectivity index (χ4v) is 2.41. The van der Waals surface area contributed by atoms with E-state index < -0.39 is 5.97 Å². The van der Waals surface area contributed by atoms with Crippen LogP contribution in [0.15, 0.2) is 30.5 Å². The number of carboxylic acid groups (broad SMARTS) is 1. The summed E-state index contributed by atoms with van der Waals surface area (Å²) in [6.45, 7) is 3.15. The highest BCUT2D eigenvalue weighted by atomic mass is 16.4. The van der Waals surface area contributed by atoms with Crippen LogP contribution in [0.1, 0.15) is 18.9 Å². The van der Waals surface area contributed by atoms with Gasteiger partial charge in [-0.15, -0.1) is 0 Å². The van der Waals surface area contributed by atoms with Crippen LogP contribution in [0.5, 0.6) is 0 Å². The molecule has 0 unspecified atom stereocenters. The van der Waals surface area contributed by atoms with Gasteiger partial charge >= 0.3 is 5.97 Å². The molecule has 0 atom stereocenters. The first-order valence-electron chi connectivity index (χ1n) is 7.05. The lowest BCUT2D eigenvalue weighted by Gasteiger charge is -2.15. The number of likely N-dealkylation sites (N-methyl/N-ethyl adjacent to an activating group) is 1. The summed E-state index contributed by atoms with van der Waals surface area (Å²) in [5.74, 6) is -0.951. The number of para-hydroxylation sites is 1. The van der Waals surface area contributed by atoms with Crippen molar-refractivity contribution < 1.29 is 14.7 Å². The number of carbonyl (C=O) groups is 2. The molecular weight excluding hydrogens is 268 g/mol. The van der Waals surface area contributed by atoms with Gasteiger partial charge in [0.2, 0.25) is 5.91 Å². The van der Waals surface area contributed by atoms with E-state index in [0.29, 0.717) is 6.42 Å². The number of carbonyl (C=O) groups excluding carboxylic acids is 1. The van der Waals surface area contributed by atoms with Crippen molar-refractivity contribution in [3.63, 3.8) is 0 Å². The molecule has 5 nitrogen and oxygen atoms in total. The Bertz CT molecular complexity index is 661. The molecular formula is C16H20N2O3. The van der Waals surface area contributed by atoms with Gasteiger partial charge in [0.1, 0.15) is 0 Å². The molecule has 1 heterocycles. The number of carboxylic acids is 1. The van der Waals surface area contributed by atoms with E-state index in [-0.39, 0.29) is 18.9 Å². The van der Waals surface area contributed by atoms with Crippen molar-refractivity contribution in [2.24, 2.45) is 0 Å². The van der Waals surface area contributed by atoms with Crippen LogP contribution in [0.2, 0.25) is 0 Å². The van der Waals surface area contributed by atoms with Crippen LogP contribution in [-0.2, 0) is 22.6 Å². The van der Waals surface area contributed by atoms with Gasteiger partial charge in [0.15, 0.2) is 0 Å². The summed E-state index contributed by atoms with van der Waals surface area (Å²) in [5, 5.41) is 9.75. The maximum absolute atomic E-state index is 12.2. The van der Waals surface area contributed by atoms with Crippen molar-refractivity contribution in [1.82, 2.24) is 9.47 Å². The number of fused-ring (bicyclic) bond motifs is 1. The number of benzene rings is 1. The zero-order valence-corrected chi connectivity index (χ0v) is 12.4. The van der Waals surface area contributed by atoms with E-state index in [0.717, 1.165) is 23.0 Å². The third kappa shape index (κ3) is 3.42. The van der Waals surface area contributed by atoms with Crippen molar-refractivity contribution in [1.29, 1.82) is 0 Å². The maximum Gasteiger partial charge on any atom is 0.305 e. The number of aromatic nitrogens is 1. The number of aliphatic carboxylic acids is 1. The SMILES string of the molecule is CCn1cc(CC(=O)N(C)CCC(=O)O)c2ccccc21. The van der Waals surface area contributed by atoms with Crippen LogP contribution in [0, 0.1) is 0 Å². The molecule has 1 amide bonds. The first kappa shape index (κ1) is 15.1. The predicted octanol–water partition coefficient (Wildman–Crippen LogP) is 2.14. The Morgan fingerprint density at radius 2 is 2.00 bits per heavy atom. The lowest BCUT2D eigenvalue weighted by atomic mass is 10.1. The lowest BCUT2D eigenvalue weighted by Crippen LogP contribution is -2.30. The van der Waals surface area contributed by atoms with Crippen molar-refractivity contribution in [2.45, 2.75) is 26.3 Å². The van der Waals surface area contributed by atoms with E-state index in [4.69, 9.17) is 5.11 Å². The minimum atomic E-state index is -0.891. The largest absolute Gasteiger partial charge is 0.481 e. The number of hydrogen-bond donors (Lipinski definition) is 1. The molecule has 0 aliphatic carbocycles. The third-order valence-corrected chi connectivity index (χ3v) is 3.64. The summed E-state index contributed by atoms with van der Waals surface area (Å²) in [7, 11) is 1.64. The number of hydrogen-bond acceptors (Lipinski definition) is 2. The molecule has 2 rings (SSSR count). The summed E-state index contributed by atoms with van der Waals surface area (Å²) in [6.07, 6.45) is 2.27. The Labute approximate surface area is 123 Å². The van der Waals surface area contributed by atoms with E-state index in [1.165, 1.54) is 4.90 Å². The standard InChI is InChI=1S/C16H20N2O3/c1-3-18-11-12(13-6-4-5-7-14(13)18)10-15(19)17(2)9-8-16(20)21/h4-7,11H,3,8-10H2,1-2H3,(H,20,21). The minimum absolute atomic E-state index is 0.0288. The van der Waals surface area contributed by atoms with E-state index in [1.807, 2.05) is 30.5 Å². The van der Waals surface area contributed by atoms with Crippen LogP contribution < -0.4 is 0 Å². The second-order valence-electron chi connectivity index (χ2n) is 5.09. The highest BCUT2D eigenvalue weighted by Gasteiger charge is 2.14. The average molecular weight is 288 g/mol. The van der Waals surface area contributed by atoms with Crippen LogP contribution in [0.4, 0.5) is 0 Å². The van der Waals surface area contributed by atoms with Gasteiger partial charge in [-0.3, -0.25) is 9.59 Å². The maximum atomic E-state index is 12.2. The molecule has 5 heteroatoms. The topological polar surface area (TPSA) is 62.5 Å². The molecule has 1 N–H and O–H groups in total. The van der Waals surface area contributed by atoms with Crippen LogP contribution in [-0.4, -0.2) is 40.0 Å². The van der Waals surface area contributed by atoms with Crippen LogP contribution in [0.25, 0.3) is 10.9 Å². The van der Waals surface area contributed by atoms with Crippen LogP contribution >= 0.6 is 0 Å². The molecule has 0 spiro atoms. The molecule has 0 radical (unpaired) electrons. The van der Waals surface area contributed by atoms with Gasteiger partial charge in [0.05, 0.1) is 12.8 Å². The fraction of sp³-hybridized carbons (Fsp3) is 0.375. The molecule has 1 aromatic heterocycles. The minimum Gasteiger partial charge on any atom is -0.481 e. The zero-order chi connectivity index (χ0) is 15.4. The second-order valence-corrected chi connectivity index (χ2v) is 5.09. The van der Waals surface area contributed by atoms with Crippen molar-refractivity contribution in [3.05, 3.63) is 36.0 Å². The quantitative estimate of drug-likeness (QED) is 0.885. The highest BCUT2D eigenvalue weighted by molar-refractivity contribution is 5.89. The Kier molecular flexibility index (Phi) is 4.62. The van der Waals surface area contributed by atoms with Gasteiger partial charge in [-0.2, -0.15) is 0 Å². The van der Waals surface area contributed by atoms with Gasteiger partial charge < -0.3 is 14.6 Å². The van der Waals surface area contributed by atoms with Gasteiger partial charge in [0.25, 0.3) is 0 Å². The third-order valence-electron chi connectivity index (χ3n) is 3.64. The predicted molar refractivity (Wildman–Crippen MR) is 81.2 cm³/mol. The van der Waals surface area contributed by atoms with E-state index in [9.17, 15) is 9.59 Å². The van der Waals surface area contributed by atoms with Gasteiger partial charge in [-0.05, 0) is 18.6 Å². The molecule has 0 bridgehead atoms. The molecule has 0 saturated heterocycles. The van der Waals surface area contributed by atoms with E-state index >= 15 is 0 Å². The van der Waals surface area contributed by atoms with Crippen molar-refractivity contribution >= 4 is 22.8 Å². The molecule has 0 aliphatic heterocycles. The first-order chi connectivity index (χ1) is 10.0. The summed E-state index contributed by atoms with van der Waals surface area (Å²) >= 11 is 0. The summed E-state index contributed by atoms with van der Waals surface area (Å²) < 4.78 is 2.12. The summed E-state index contributed by atoms with van der Waals surface area (Å²) in [6, 6.07) is 8.01. The normalized spacial score (nSPS) is 10.8. The summed E-state index contributed by atoms with van der Waals surface area (Å²) in [5.41, 5.74) is 2.11. The summed E-state index contributed by atoms with van der Waals surface area (Å²) in [4.78, 5) is 24.2. The lowest BCUT2D eigenvalue weighted by molar-refractivity contribution is -0.138. The fourth-order valence-electron chi connectivity index (χ4n) is 2.41. The highest BCUT2D eigenvalue weighted by Crippen LogP contribution is 2.22. The molecule has 21 heavy (non-hydrogen) atoms. The van der Waals surface area contributed by atoms with E-state index in [1.54, 1.807) is 7.05 Å². The monoisotopic (exact) mass is 288 g/mol. The number of amides is 1.